The van der Waals surface area contributed by atoms with Crippen molar-refractivity contribution in [1.82, 2.24) is 0 Å². The van der Waals surface area contributed by atoms with E-state index in [-0.39, 0.29) is 11.5 Å². The van der Waals surface area contributed by atoms with Gasteiger partial charge in [-0.25, -0.2) is 0 Å². The van der Waals surface area contributed by atoms with E-state index in [9.17, 15) is 5.11 Å². The minimum atomic E-state index is -0.0402. The van der Waals surface area contributed by atoms with Gasteiger partial charge in [0.25, 0.3) is 0 Å². The van der Waals surface area contributed by atoms with Crippen LogP contribution in [0.3, 0.4) is 0 Å². The van der Waals surface area contributed by atoms with Crippen LogP contribution < -0.4 is 0 Å². The van der Waals surface area contributed by atoms with Crippen LogP contribution in [0.15, 0.2) is 0 Å². The van der Waals surface area contributed by atoms with Gasteiger partial charge in [0.05, 0.1) is 12.2 Å². The molecule has 114 valence electrons. The molecule has 1 N–H and O–H groups in total. The molecule has 1 saturated heterocycles. The molecule has 0 aromatic carbocycles. The maximum atomic E-state index is 10.4. The van der Waals surface area contributed by atoms with Crippen LogP contribution in [-0.4, -0.2) is 23.9 Å². The lowest BCUT2D eigenvalue weighted by Gasteiger charge is -2.59. The van der Waals surface area contributed by atoms with Gasteiger partial charge in [-0.3, -0.25) is 0 Å². The van der Waals surface area contributed by atoms with Gasteiger partial charge in [0.1, 0.15) is 0 Å². The molecule has 0 aromatic heterocycles. The summed E-state index contributed by atoms with van der Waals surface area (Å²) in [5.74, 6) is 2.48. The molecular weight excluding hydrogens is 248 g/mol. The van der Waals surface area contributed by atoms with E-state index < -0.39 is 0 Å². The summed E-state index contributed by atoms with van der Waals surface area (Å²) >= 11 is 0. The minimum Gasteiger partial charge on any atom is -0.393 e. The predicted octanol–water partition coefficient (Wildman–Crippen LogP) is 3.77. The Morgan fingerprint density at radius 1 is 0.900 bits per heavy atom. The topological polar surface area (TPSA) is 29.5 Å². The average molecular weight is 278 g/mol. The van der Waals surface area contributed by atoms with Crippen LogP contribution in [0, 0.1) is 28.6 Å². The van der Waals surface area contributed by atoms with E-state index in [1.54, 1.807) is 0 Å². The number of rotatable bonds is 0. The lowest BCUT2D eigenvalue weighted by atomic mass is 9.48. The summed E-state index contributed by atoms with van der Waals surface area (Å²) in [7, 11) is 0. The first-order valence-electron chi connectivity index (χ1n) is 8.85. The van der Waals surface area contributed by atoms with Gasteiger partial charge in [0.15, 0.2) is 0 Å². The number of hydrogen-bond acceptors (Lipinski definition) is 2. The summed E-state index contributed by atoms with van der Waals surface area (Å²) in [6, 6.07) is 0. The lowest BCUT2D eigenvalue weighted by molar-refractivity contribution is -0.177. The van der Waals surface area contributed by atoms with Gasteiger partial charge in [0.2, 0.25) is 0 Å². The van der Waals surface area contributed by atoms with Crippen LogP contribution in [0.5, 0.6) is 0 Å². The Labute approximate surface area is 123 Å². The molecule has 7 unspecified atom stereocenters. The Morgan fingerprint density at radius 2 is 1.70 bits per heavy atom. The number of fused-ring (bicyclic) bond motifs is 5. The first-order valence-corrected chi connectivity index (χ1v) is 8.85. The molecule has 0 bridgehead atoms. The second-order valence-electron chi connectivity index (χ2n) is 8.56. The van der Waals surface area contributed by atoms with Gasteiger partial charge < -0.3 is 9.84 Å². The zero-order valence-electron chi connectivity index (χ0n) is 13.1. The first-order chi connectivity index (χ1) is 9.56. The minimum absolute atomic E-state index is 0.0402. The Morgan fingerprint density at radius 3 is 2.55 bits per heavy atom. The smallest absolute Gasteiger partial charge is 0.0631 e. The molecule has 3 saturated carbocycles. The molecule has 0 spiro atoms. The number of hydrogen-bond donors (Lipinski definition) is 1. The molecule has 4 fully saturated rings. The van der Waals surface area contributed by atoms with Crippen molar-refractivity contribution in [2.45, 2.75) is 77.4 Å². The Kier molecular flexibility index (Phi) is 3.03. The highest BCUT2D eigenvalue weighted by molar-refractivity contribution is 5.09. The van der Waals surface area contributed by atoms with Crippen molar-refractivity contribution < 1.29 is 9.84 Å². The summed E-state index contributed by atoms with van der Waals surface area (Å²) in [4.78, 5) is 0. The van der Waals surface area contributed by atoms with Crippen molar-refractivity contribution in [2.75, 3.05) is 6.61 Å². The fourth-order valence-corrected chi connectivity index (χ4v) is 6.69. The maximum absolute atomic E-state index is 10.4. The van der Waals surface area contributed by atoms with E-state index in [2.05, 4.69) is 13.8 Å². The molecule has 1 heterocycles. The molecule has 7 atom stereocenters. The highest BCUT2D eigenvalue weighted by atomic mass is 16.5. The molecule has 4 aliphatic rings. The van der Waals surface area contributed by atoms with E-state index in [4.69, 9.17) is 4.74 Å². The van der Waals surface area contributed by atoms with Crippen molar-refractivity contribution in [3.05, 3.63) is 0 Å². The van der Waals surface area contributed by atoms with E-state index in [0.717, 1.165) is 30.8 Å². The van der Waals surface area contributed by atoms with Crippen molar-refractivity contribution in [3.63, 3.8) is 0 Å². The van der Waals surface area contributed by atoms with E-state index >= 15 is 0 Å². The molecular formula is C18H30O2. The lowest BCUT2D eigenvalue weighted by Crippen LogP contribution is -2.56. The average Bonchev–Trinajstić information content (AvgIpc) is 2.74. The van der Waals surface area contributed by atoms with Crippen LogP contribution in [0.2, 0.25) is 0 Å². The number of aliphatic hydroxyl groups is 1. The largest absolute Gasteiger partial charge is 0.393 e. The van der Waals surface area contributed by atoms with Gasteiger partial charge in [-0.1, -0.05) is 13.8 Å². The quantitative estimate of drug-likeness (QED) is 0.731. The monoisotopic (exact) mass is 278 g/mol. The summed E-state index contributed by atoms with van der Waals surface area (Å²) in [6.07, 6.45) is 10.6. The third-order valence-corrected chi connectivity index (χ3v) is 7.91. The SMILES string of the molecule is CC12CCC3C(CCC4OCCCC43C)C1CCC2O. The van der Waals surface area contributed by atoms with Gasteiger partial charge in [-0.15, -0.1) is 0 Å². The molecule has 0 aromatic rings. The molecule has 2 heteroatoms. The molecule has 1 aliphatic heterocycles. The second-order valence-corrected chi connectivity index (χ2v) is 8.56. The second kappa shape index (κ2) is 4.46. The number of ether oxygens (including phenoxy) is 1. The molecule has 3 aliphatic carbocycles. The summed E-state index contributed by atoms with van der Waals surface area (Å²) in [6.45, 7) is 5.87. The zero-order chi connectivity index (χ0) is 14.0. The predicted molar refractivity (Wildman–Crippen MR) is 79.4 cm³/mol. The van der Waals surface area contributed by atoms with Crippen LogP contribution in [0.4, 0.5) is 0 Å². The van der Waals surface area contributed by atoms with Crippen molar-refractivity contribution in [2.24, 2.45) is 28.6 Å². The third kappa shape index (κ3) is 1.64. The van der Waals surface area contributed by atoms with Crippen LogP contribution in [0.1, 0.15) is 65.2 Å². The molecule has 4 rings (SSSR count). The molecule has 20 heavy (non-hydrogen) atoms. The Bertz CT molecular complexity index is 395. The van der Waals surface area contributed by atoms with Gasteiger partial charge in [0, 0.05) is 6.61 Å². The fourth-order valence-electron chi connectivity index (χ4n) is 6.69. The van der Waals surface area contributed by atoms with Crippen LogP contribution in [-0.2, 0) is 4.74 Å². The van der Waals surface area contributed by atoms with Crippen LogP contribution in [0.25, 0.3) is 0 Å². The fraction of sp³-hybridized carbons (Fsp3) is 1.00. The van der Waals surface area contributed by atoms with Crippen LogP contribution >= 0.6 is 0 Å². The van der Waals surface area contributed by atoms with Crippen molar-refractivity contribution in [3.8, 4) is 0 Å². The summed E-state index contributed by atoms with van der Waals surface area (Å²) < 4.78 is 6.14. The Balaban J connectivity index is 1.64. The van der Waals surface area contributed by atoms with Gasteiger partial charge in [-0.05, 0) is 80.0 Å². The highest BCUT2D eigenvalue weighted by Gasteiger charge is 2.59. The normalized spacial score (nSPS) is 58.6. The summed E-state index contributed by atoms with van der Waals surface area (Å²) in [5, 5.41) is 10.4. The standard InChI is InChI=1S/C18H30O2/c1-17-10-8-14-12(13(17)5-6-15(17)19)4-7-16-18(14,2)9-3-11-20-16/h12-16,19H,3-11H2,1-2H3. The third-order valence-electron chi connectivity index (χ3n) is 7.91. The molecule has 0 amide bonds. The molecule has 2 nitrogen and oxygen atoms in total. The van der Waals surface area contributed by atoms with Crippen molar-refractivity contribution >= 4 is 0 Å². The highest BCUT2D eigenvalue weighted by Crippen LogP contribution is 2.64. The maximum Gasteiger partial charge on any atom is 0.0631 e. The van der Waals surface area contributed by atoms with Crippen molar-refractivity contribution in [1.29, 1.82) is 0 Å². The van der Waals surface area contributed by atoms with E-state index in [0.29, 0.717) is 11.5 Å². The first kappa shape index (κ1) is 13.6. The summed E-state index contributed by atoms with van der Waals surface area (Å²) in [5.41, 5.74) is 0.649. The van der Waals surface area contributed by atoms with Gasteiger partial charge >= 0.3 is 0 Å². The van der Waals surface area contributed by atoms with E-state index in [1.165, 1.54) is 44.9 Å². The number of aliphatic hydroxyl groups excluding tert-OH is 1. The Hall–Kier alpha value is -0.0800. The van der Waals surface area contributed by atoms with E-state index in [1.807, 2.05) is 0 Å². The zero-order valence-corrected chi connectivity index (χ0v) is 13.1. The molecule has 0 radical (unpaired) electrons. The van der Waals surface area contributed by atoms with Gasteiger partial charge in [-0.2, -0.15) is 0 Å².